The molecule has 3 aromatic rings. The summed E-state index contributed by atoms with van der Waals surface area (Å²) in [4.78, 5) is 22.8. The fourth-order valence-electron chi connectivity index (χ4n) is 4.16. The van der Waals surface area contributed by atoms with Crippen LogP contribution in [0.1, 0.15) is 29.7 Å². The van der Waals surface area contributed by atoms with Gasteiger partial charge in [0.25, 0.3) is 0 Å². The van der Waals surface area contributed by atoms with E-state index in [4.69, 9.17) is 28.9 Å². The highest BCUT2D eigenvalue weighted by Gasteiger charge is 2.66. The third kappa shape index (κ3) is 5.23. The molecule has 4 rings (SSSR count). The topological polar surface area (TPSA) is 125 Å². The van der Waals surface area contributed by atoms with E-state index in [0.717, 1.165) is 12.1 Å². The Morgan fingerprint density at radius 3 is 2.00 bits per heavy atom. The highest BCUT2D eigenvalue weighted by molar-refractivity contribution is 8.45. The lowest BCUT2D eigenvalue weighted by molar-refractivity contribution is -0.120. The van der Waals surface area contributed by atoms with Crippen molar-refractivity contribution in [2.24, 2.45) is 5.73 Å². The number of anilines is 1. The number of rotatable bonds is 7. The van der Waals surface area contributed by atoms with Crippen LogP contribution in [-0.4, -0.2) is 26.9 Å². The molecule has 214 valence electrons. The number of amides is 2. The number of primary amides is 1. The molecule has 0 unspecified atom stereocenters. The minimum Gasteiger partial charge on any atom is -0.465 e. The third-order valence-corrected chi connectivity index (χ3v) is 7.77. The molecule has 1 heterocycles. The Kier molecular flexibility index (Phi) is 6.34. The molecule has 40 heavy (non-hydrogen) atoms. The molecular formula is C22H14Cl2F7N5O3S. The van der Waals surface area contributed by atoms with Crippen LogP contribution in [0.3, 0.4) is 0 Å². The quantitative estimate of drug-likeness (QED) is 0.267. The third-order valence-electron chi connectivity index (χ3n) is 6.06. The predicted molar refractivity (Wildman–Crippen MR) is 130 cm³/mol. The largest absolute Gasteiger partial charge is 0.465 e. The van der Waals surface area contributed by atoms with Crippen LogP contribution in [0.15, 0.2) is 35.2 Å². The summed E-state index contributed by atoms with van der Waals surface area (Å²) in [6, 6.07) is 3.37. The minimum absolute atomic E-state index is 0.00236. The first-order chi connectivity index (χ1) is 18.2. The maximum atomic E-state index is 13.9. The van der Waals surface area contributed by atoms with Crippen molar-refractivity contribution in [3.63, 3.8) is 0 Å². The Labute approximate surface area is 230 Å². The molecule has 0 radical (unpaired) electrons. The lowest BCUT2D eigenvalue weighted by Gasteiger charge is -2.40. The van der Waals surface area contributed by atoms with Gasteiger partial charge in [0.05, 0.1) is 22.0 Å². The van der Waals surface area contributed by atoms with Crippen LogP contribution in [0.25, 0.3) is 5.69 Å². The van der Waals surface area contributed by atoms with E-state index >= 15 is 0 Å². The van der Waals surface area contributed by atoms with Crippen LogP contribution in [-0.2, 0) is 16.8 Å². The number of benzene rings is 2. The Bertz CT molecular complexity index is 1610. The van der Waals surface area contributed by atoms with Gasteiger partial charge in [-0.3, -0.25) is 9.69 Å². The van der Waals surface area contributed by atoms with Crippen molar-refractivity contribution < 1.29 is 42.9 Å². The van der Waals surface area contributed by atoms with Gasteiger partial charge in [0, 0.05) is 11.6 Å². The molecule has 2 aromatic carbocycles. The molecule has 0 spiro atoms. The highest BCUT2D eigenvalue weighted by Crippen LogP contribution is 3.02. The van der Waals surface area contributed by atoms with E-state index in [9.17, 15) is 48.2 Å². The monoisotopic (exact) mass is 631 g/mol. The molecule has 2 amide bonds. The first-order valence-electron chi connectivity index (χ1n) is 10.7. The average molecular weight is 632 g/mol. The van der Waals surface area contributed by atoms with Crippen LogP contribution in [0.2, 0.25) is 10.0 Å². The van der Waals surface area contributed by atoms with Crippen molar-refractivity contribution in [3.8, 4) is 11.8 Å². The summed E-state index contributed by atoms with van der Waals surface area (Å²) >= 11 is 11.9. The molecular weight excluding hydrogens is 618 g/mol. The molecule has 1 fully saturated rings. The van der Waals surface area contributed by atoms with E-state index in [-0.39, 0.29) is 36.1 Å². The van der Waals surface area contributed by atoms with Crippen LogP contribution in [0.4, 0.5) is 38.8 Å². The van der Waals surface area contributed by atoms with Crippen molar-refractivity contribution >= 4 is 51.2 Å². The van der Waals surface area contributed by atoms with Gasteiger partial charge in [-0.25, -0.2) is 18.3 Å². The lowest BCUT2D eigenvalue weighted by Crippen LogP contribution is -2.35. The smallest absolute Gasteiger partial charge is 0.413 e. The fourth-order valence-corrected chi connectivity index (χ4v) is 5.62. The zero-order valence-electron chi connectivity index (χ0n) is 19.4. The van der Waals surface area contributed by atoms with Gasteiger partial charge in [0.15, 0.2) is 5.69 Å². The summed E-state index contributed by atoms with van der Waals surface area (Å²) in [5, 5.41) is 21.6. The Hall–Kier alpha value is -3.68. The van der Waals surface area contributed by atoms with Gasteiger partial charge >= 0.3 is 16.3 Å². The number of carboxylic acid groups (broad SMARTS) is 1. The maximum Gasteiger partial charge on any atom is 0.413 e. The van der Waals surface area contributed by atoms with E-state index < -0.39 is 78.0 Å². The van der Waals surface area contributed by atoms with Gasteiger partial charge in [0.1, 0.15) is 34.1 Å². The predicted octanol–water partition coefficient (Wildman–Crippen LogP) is 7.19. The van der Waals surface area contributed by atoms with Crippen LogP contribution in [0.5, 0.6) is 0 Å². The van der Waals surface area contributed by atoms with Crippen LogP contribution < -0.4 is 10.6 Å². The number of hydrogen-bond donors (Lipinski definition) is 2. The number of halogens is 9. The standard InChI is InChI=1S/C22H14Cl2F7N5O3S/c23-14-6-13(40(27,28,29,30)31)7-15(24)18(14)36-19(17(16(8-32)34-36)22(1-2-22)20(33)37)35(21(38)39)9-10-3-11(25)5-12(26)4-10/h3-7H,1-2,9H2,(H2,33,37)(H,38,39). The molecule has 0 bridgehead atoms. The summed E-state index contributed by atoms with van der Waals surface area (Å²) < 4.78 is 95.5. The highest BCUT2D eigenvalue weighted by atomic mass is 35.5. The summed E-state index contributed by atoms with van der Waals surface area (Å²) in [7, 11) is -10.3. The molecule has 18 heteroatoms. The van der Waals surface area contributed by atoms with Gasteiger partial charge < -0.3 is 10.8 Å². The second-order valence-corrected chi connectivity index (χ2v) is 12.1. The maximum absolute atomic E-state index is 13.9. The molecule has 0 aliphatic heterocycles. The van der Waals surface area contributed by atoms with E-state index in [2.05, 4.69) is 5.10 Å². The Morgan fingerprint density at radius 2 is 1.60 bits per heavy atom. The molecule has 0 saturated heterocycles. The molecule has 1 aliphatic carbocycles. The van der Waals surface area contributed by atoms with Gasteiger partial charge in [-0.05, 0) is 42.7 Å². The summed E-state index contributed by atoms with van der Waals surface area (Å²) in [6.07, 6.45) is -1.84. The molecule has 1 aromatic heterocycles. The summed E-state index contributed by atoms with van der Waals surface area (Å²) in [6.45, 7) is -0.846. The molecule has 1 saturated carbocycles. The van der Waals surface area contributed by atoms with E-state index in [1.165, 1.54) is 0 Å². The normalized spacial score (nSPS) is 16.0. The number of nitriles is 1. The molecule has 8 nitrogen and oxygen atoms in total. The molecule has 0 atom stereocenters. The SMILES string of the molecule is N#Cc1nn(-c2c(Cl)cc(S(F)(F)(F)(F)F)cc2Cl)c(N(Cc2cc(F)cc(F)c2)C(=O)O)c1C1(C(N)=O)CC1. The zero-order chi connectivity index (χ0) is 30.1. The van der Waals surface area contributed by atoms with Crippen LogP contribution >= 0.6 is 33.4 Å². The summed E-state index contributed by atoms with van der Waals surface area (Å²) in [5.74, 6) is -3.87. The van der Waals surface area contributed by atoms with Crippen molar-refractivity contribution in [3.05, 3.63) is 68.8 Å². The van der Waals surface area contributed by atoms with Crippen molar-refractivity contribution in [2.45, 2.75) is 29.7 Å². The Balaban J connectivity index is 2.07. The van der Waals surface area contributed by atoms with Gasteiger partial charge in [-0.1, -0.05) is 42.6 Å². The zero-order valence-corrected chi connectivity index (χ0v) is 21.8. The minimum atomic E-state index is -10.3. The Morgan fingerprint density at radius 1 is 1.07 bits per heavy atom. The van der Waals surface area contributed by atoms with Crippen LogP contribution in [0, 0.1) is 23.0 Å². The average Bonchev–Trinajstić information content (AvgIpc) is 3.50. The number of carbonyl (C=O) groups excluding carboxylic acids is 1. The number of hydrogen-bond acceptors (Lipinski definition) is 4. The van der Waals surface area contributed by atoms with Crippen molar-refractivity contribution in [1.82, 2.24) is 9.78 Å². The fraction of sp³-hybridized carbons (Fsp3) is 0.182. The second-order valence-electron chi connectivity index (χ2n) is 8.87. The van der Waals surface area contributed by atoms with Gasteiger partial charge in [-0.15, -0.1) is 0 Å². The van der Waals surface area contributed by atoms with Crippen molar-refractivity contribution in [1.29, 1.82) is 5.26 Å². The molecule has 1 aliphatic rings. The molecule has 3 N–H and O–H groups in total. The first kappa shape index (κ1) is 29.3. The summed E-state index contributed by atoms with van der Waals surface area (Å²) in [5.41, 5.74) is 1.83. The number of carbonyl (C=O) groups is 2. The van der Waals surface area contributed by atoms with E-state index in [1.54, 1.807) is 6.07 Å². The second kappa shape index (κ2) is 8.66. The number of nitrogens with zero attached hydrogens (tertiary/aromatic N) is 4. The first-order valence-corrected chi connectivity index (χ1v) is 13.4. The number of aromatic nitrogens is 2. The van der Waals surface area contributed by atoms with Gasteiger partial charge in [0.2, 0.25) is 5.91 Å². The van der Waals surface area contributed by atoms with E-state index in [1.807, 2.05) is 0 Å². The van der Waals surface area contributed by atoms with Crippen molar-refractivity contribution in [2.75, 3.05) is 4.90 Å². The lowest BCUT2D eigenvalue weighted by atomic mass is 9.94. The number of nitrogens with two attached hydrogens (primary N) is 1. The van der Waals surface area contributed by atoms with E-state index in [0.29, 0.717) is 15.6 Å². The van der Waals surface area contributed by atoms with Gasteiger partial charge in [-0.2, -0.15) is 10.4 Å².